The molecule has 0 amide bonds. The van der Waals surface area contributed by atoms with E-state index in [9.17, 15) is 10.2 Å². The van der Waals surface area contributed by atoms with Gasteiger partial charge in [-0.25, -0.2) is 0 Å². The van der Waals surface area contributed by atoms with Gasteiger partial charge in [-0.05, 0) is 92.7 Å². The Balaban J connectivity index is 1.66. The molecular weight excluding hydrogens is 376 g/mol. The summed E-state index contributed by atoms with van der Waals surface area (Å²) in [5.41, 5.74) is 1.73. The summed E-state index contributed by atoms with van der Waals surface area (Å²) < 4.78 is 6.90. The van der Waals surface area contributed by atoms with Gasteiger partial charge in [0, 0.05) is 12.0 Å². The summed E-state index contributed by atoms with van der Waals surface area (Å²) >= 11 is 0. The van der Waals surface area contributed by atoms with Crippen LogP contribution in [0.3, 0.4) is 0 Å². The average molecular weight is 421 g/mol. The lowest BCUT2D eigenvalue weighted by Crippen LogP contribution is -2.55. The van der Waals surface area contributed by atoms with Gasteiger partial charge in [0.1, 0.15) is 0 Å². The molecular formula is C25H44O3Si. The van der Waals surface area contributed by atoms with Gasteiger partial charge in [0.2, 0.25) is 0 Å². The van der Waals surface area contributed by atoms with Gasteiger partial charge in [-0.3, -0.25) is 0 Å². The van der Waals surface area contributed by atoms with Crippen LogP contribution in [0.15, 0.2) is 11.6 Å². The minimum absolute atomic E-state index is 0.113. The molecule has 0 saturated heterocycles. The van der Waals surface area contributed by atoms with Gasteiger partial charge < -0.3 is 14.6 Å². The zero-order chi connectivity index (χ0) is 21.2. The molecule has 0 aromatic heterocycles. The molecule has 4 aliphatic carbocycles. The molecule has 0 bridgehead atoms. The van der Waals surface area contributed by atoms with Crippen LogP contribution in [0.2, 0.25) is 18.1 Å². The number of fused-ring (bicyclic) bond motifs is 5. The number of hydrogen-bond donors (Lipinski definition) is 2. The van der Waals surface area contributed by atoms with Crippen molar-refractivity contribution in [3.63, 3.8) is 0 Å². The maximum absolute atomic E-state index is 10.7. The smallest absolute Gasteiger partial charge is 0.192 e. The van der Waals surface area contributed by atoms with E-state index in [2.05, 4.69) is 46.9 Å². The first kappa shape index (κ1) is 22.0. The molecule has 3 saturated carbocycles. The highest BCUT2D eigenvalue weighted by Crippen LogP contribution is 2.65. The average Bonchev–Trinajstić information content (AvgIpc) is 2.94. The quantitative estimate of drug-likeness (QED) is 0.456. The van der Waals surface area contributed by atoms with Crippen LogP contribution in [0.4, 0.5) is 0 Å². The van der Waals surface area contributed by atoms with Crippen LogP contribution in [0.5, 0.6) is 0 Å². The Morgan fingerprint density at radius 1 is 1.07 bits per heavy atom. The molecule has 0 aromatic rings. The SMILES string of the molecule is CC(C)(C)[Si](C)(C)OC[C@]12CC[C@@H](O)CC1=CC[C@@H]1[C@@H]2CC[C@]2(C)C(O)CC[C@@H]12. The minimum Gasteiger partial charge on any atom is -0.416 e. The van der Waals surface area contributed by atoms with E-state index in [1.54, 1.807) is 0 Å². The van der Waals surface area contributed by atoms with Crippen LogP contribution in [0, 0.1) is 28.6 Å². The largest absolute Gasteiger partial charge is 0.416 e. The molecule has 0 radical (unpaired) electrons. The first-order valence-electron chi connectivity index (χ1n) is 12.1. The Hall–Kier alpha value is -0.163. The third-order valence-corrected chi connectivity index (χ3v) is 14.7. The Kier molecular flexibility index (Phi) is 5.46. The molecule has 29 heavy (non-hydrogen) atoms. The highest BCUT2D eigenvalue weighted by molar-refractivity contribution is 6.74. The van der Waals surface area contributed by atoms with Crippen LogP contribution in [-0.2, 0) is 4.43 Å². The van der Waals surface area contributed by atoms with Crippen molar-refractivity contribution in [3.05, 3.63) is 11.6 Å². The summed E-state index contributed by atoms with van der Waals surface area (Å²) in [6.07, 6.45) is 10.7. The summed E-state index contributed by atoms with van der Waals surface area (Å²) in [6, 6.07) is 0. The fraction of sp³-hybridized carbons (Fsp3) is 0.920. The van der Waals surface area contributed by atoms with Crippen molar-refractivity contribution in [1.82, 2.24) is 0 Å². The van der Waals surface area contributed by atoms with Gasteiger partial charge in [-0.1, -0.05) is 39.3 Å². The molecule has 0 aliphatic heterocycles. The molecule has 4 aliphatic rings. The lowest BCUT2D eigenvalue weighted by Gasteiger charge is -2.59. The standard InChI is InChI=1S/C25H44O3Si/c1-23(2,3)29(5,6)28-16-25-14-11-18(26)15-17(25)7-8-19-20-9-10-22(27)24(20,4)13-12-21(19)25/h7,18-22,26-27H,8-16H2,1-6H3/t18-,19+,20+,21+,22?,24+,25-/m1/s1. The Bertz CT molecular complexity index is 665. The Labute approximate surface area is 179 Å². The third-order valence-electron chi connectivity index (χ3n) is 10.2. The van der Waals surface area contributed by atoms with E-state index < -0.39 is 8.32 Å². The van der Waals surface area contributed by atoms with Gasteiger partial charge in [0.05, 0.1) is 12.2 Å². The molecule has 4 rings (SSSR count). The predicted octanol–water partition coefficient (Wildman–Crippen LogP) is 5.67. The van der Waals surface area contributed by atoms with Gasteiger partial charge in [0.25, 0.3) is 0 Å². The Morgan fingerprint density at radius 2 is 1.79 bits per heavy atom. The first-order valence-corrected chi connectivity index (χ1v) is 15.0. The fourth-order valence-electron chi connectivity index (χ4n) is 7.20. The van der Waals surface area contributed by atoms with Gasteiger partial charge in [0.15, 0.2) is 8.32 Å². The van der Waals surface area contributed by atoms with Crippen LogP contribution < -0.4 is 0 Å². The molecule has 4 heteroatoms. The minimum atomic E-state index is -1.83. The Morgan fingerprint density at radius 3 is 2.48 bits per heavy atom. The lowest BCUT2D eigenvalue weighted by atomic mass is 9.47. The molecule has 0 heterocycles. The molecule has 7 atom stereocenters. The van der Waals surface area contributed by atoms with E-state index in [1.165, 1.54) is 18.4 Å². The number of aliphatic hydroxyl groups excluding tert-OH is 2. The monoisotopic (exact) mass is 420 g/mol. The topological polar surface area (TPSA) is 49.7 Å². The van der Waals surface area contributed by atoms with Crippen LogP contribution in [0.25, 0.3) is 0 Å². The maximum atomic E-state index is 10.7. The molecule has 1 unspecified atom stereocenters. The van der Waals surface area contributed by atoms with Gasteiger partial charge in [-0.2, -0.15) is 0 Å². The van der Waals surface area contributed by atoms with Crippen LogP contribution in [-0.4, -0.2) is 37.3 Å². The normalized spacial score (nSPS) is 45.2. The molecule has 0 spiro atoms. The fourth-order valence-corrected chi connectivity index (χ4v) is 8.26. The first-order chi connectivity index (χ1) is 13.4. The second kappa shape index (κ2) is 7.18. The lowest BCUT2D eigenvalue weighted by molar-refractivity contribution is -0.0873. The summed E-state index contributed by atoms with van der Waals surface area (Å²) in [5.74, 6) is 1.97. The highest BCUT2D eigenvalue weighted by Gasteiger charge is 2.60. The van der Waals surface area contributed by atoms with Crippen molar-refractivity contribution in [1.29, 1.82) is 0 Å². The van der Waals surface area contributed by atoms with E-state index in [4.69, 9.17) is 4.43 Å². The second-order valence-electron chi connectivity index (χ2n) is 12.6. The molecule has 3 nitrogen and oxygen atoms in total. The number of aliphatic hydroxyl groups is 2. The van der Waals surface area contributed by atoms with E-state index in [0.29, 0.717) is 17.8 Å². The van der Waals surface area contributed by atoms with Crippen molar-refractivity contribution < 1.29 is 14.6 Å². The van der Waals surface area contributed by atoms with Crippen molar-refractivity contribution >= 4 is 8.32 Å². The summed E-state index contributed by atoms with van der Waals surface area (Å²) in [7, 11) is -1.83. The van der Waals surface area contributed by atoms with Gasteiger partial charge in [-0.15, -0.1) is 0 Å². The second-order valence-corrected chi connectivity index (χ2v) is 17.4. The van der Waals surface area contributed by atoms with Crippen LogP contribution >= 0.6 is 0 Å². The van der Waals surface area contributed by atoms with Gasteiger partial charge >= 0.3 is 0 Å². The predicted molar refractivity (Wildman–Crippen MR) is 121 cm³/mol. The number of hydrogen-bond acceptors (Lipinski definition) is 3. The zero-order valence-corrected chi connectivity index (χ0v) is 20.6. The number of rotatable bonds is 3. The summed E-state index contributed by atoms with van der Waals surface area (Å²) in [4.78, 5) is 0. The van der Waals surface area contributed by atoms with E-state index in [1.807, 2.05) is 0 Å². The number of allylic oxidation sites excluding steroid dienone is 1. The van der Waals surface area contributed by atoms with Crippen molar-refractivity contribution in [2.45, 2.75) is 109 Å². The van der Waals surface area contributed by atoms with Crippen LogP contribution in [0.1, 0.15) is 79.1 Å². The molecule has 166 valence electrons. The highest BCUT2D eigenvalue weighted by atomic mass is 28.4. The zero-order valence-electron chi connectivity index (χ0n) is 19.6. The van der Waals surface area contributed by atoms with E-state index in [-0.39, 0.29) is 28.1 Å². The van der Waals surface area contributed by atoms with E-state index in [0.717, 1.165) is 45.1 Å². The van der Waals surface area contributed by atoms with Crippen molar-refractivity contribution in [2.75, 3.05) is 6.61 Å². The molecule has 3 fully saturated rings. The van der Waals surface area contributed by atoms with Crippen molar-refractivity contribution in [2.24, 2.45) is 28.6 Å². The van der Waals surface area contributed by atoms with E-state index >= 15 is 0 Å². The molecule has 0 aromatic carbocycles. The molecule has 2 N–H and O–H groups in total. The summed E-state index contributed by atoms with van der Waals surface area (Å²) in [6.45, 7) is 14.9. The third kappa shape index (κ3) is 3.41. The maximum Gasteiger partial charge on any atom is 0.192 e. The van der Waals surface area contributed by atoms with Crippen molar-refractivity contribution in [3.8, 4) is 0 Å². The summed E-state index contributed by atoms with van der Waals surface area (Å²) in [5, 5.41) is 21.4.